The lowest BCUT2D eigenvalue weighted by molar-refractivity contribution is 1.03. The summed E-state index contributed by atoms with van der Waals surface area (Å²) >= 11 is 0. The number of benzene rings is 1. The number of nitrogens with zero attached hydrogens (tertiary/aromatic N) is 5. The maximum absolute atomic E-state index is 4.36. The second-order valence-corrected chi connectivity index (χ2v) is 5.30. The molecule has 0 radical (unpaired) electrons. The minimum Gasteiger partial charge on any atom is -0.306 e. The Balaban J connectivity index is 1.75. The first-order chi connectivity index (χ1) is 11.1. The summed E-state index contributed by atoms with van der Waals surface area (Å²) in [4.78, 5) is 12.7. The van der Waals surface area contributed by atoms with Crippen LogP contribution in [0.15, 0.2) is 54.2 Å². The Morgan fingerprint density at radius 3 is 2.39 bits per heavy atom. The molecule has 0 unspecified atom stereocenters. The van der Waals surface area contributed by atoms with Gasteiger partial charge in [-0.2, -0.15) is 5.10 Å². The van der Waals surface area contributed by atoms with Gasteiger partial charge in [-0.25, -0.2) is 20.4 Å². The van der Waals surface area contributed by atoms with Crippen LogP contribution in [0.1, 0.15) is 23.9 Å². The number of hydrogen-bond donors (Lipinski definition) is 1. The van der Waals surface area contributed by atoms with E-state index in [1.165, 1.54) is 0 Å². The van der Waals surface area contributed by atoms with E-state index in [9.17, 15) is 0 Å². The van der Waals surface area contributed by atoms with Gasteiger partial charge in [0.15, 0.2) is 0 Å². The van der Waals surface area contributed by atoms with Crippen LogP contribution in [0, 0.1) is 13.8 Å². The molecule has 0 bridgehead atoms. The van der Waals surface area contributed by atoms with E-state index in [0.29, 0.717) is 5.95 Å². The SMILES string of the molecule is CC(=NNc1nc(C)cc(C)n1)c1ccc(-n2ccnc2)cc1. The maximum atomic E-state index is 4.36. The molecule has 0 aliphatic rings. The first kappa shape index (κ1) is 14.9. The topological polar surface area (TPSA) is 68.0 Å². The summed E-state index contributed by atoms with van der Waals surface area (Å²) in [6.07, 6.45) is 5.44. The van der Waals surface area contributed by atoms with Gasteiger partial charge in [0.2, 0.25) is 5.95 Å². The van der Waals surface area contributed by atoms with Gasteiger partial charge in [0.25, 0.3) is 0 Å². The zero-order valence-corrected chi connectivity index (χ0v) is 13.4. The number of anilines is 1. The van der Waals surface area contributed by atoms with E-state index >= 15 is 0 Å². The molecule has 0 atom stereocenters. The molecule has 0 spiro atoms. The molecular formula is C17H18N6. The number of aryl methyl sites for hydroxylation is 2. The maximum Gasteiger partial charge on any atom is 0.243 e. The molecule has 0 aliphatic heterocycles. The van der Waals surface area contributed by atoms with Gasteiger partial charge in [-0.15, -0.1) is 0 Å². The summed E-state index contributed by atoms with van der Waals surface area (Å²) in [6, 6.07) is 10.0. The Labute approximate surface area is 134 Å². The minimum atomic E-state index is 0.511. The molecule has 0 saturated heterocycles. The van der Waals surface area contributed by atoms with Gasteiger partial charge in [0.1, 0.15) is 0 Å². The Kier molecular flexibility index (Phi) is 4.14. The molecular weight excluding hydrogens is 288 g/mol. The summed E-state index contributed by atoms with van der Waals surface area (Å²) in [5.41, 5.74) is 7.70. The predicted octanol–water partition coefficient (Wildman–Crippen LogP) is 3.12. The third-order valence-electron chi connectivity index (χ3n) is 3.39. The van der Waals surface area contributed by atoms with Gasteiger partial charge >= 0.3 is 0 Å². The van der Waals surface area contributed by atoms with Crippen molar-refractivity contribution >= 4 is 11.7 Å². The number of aromatic nitrogens is 4. The highest BCUT2D eigenvalue weighted by Crippen LogP contribution is 2.11. The fourth-order valence-corrected chi connectivity index (χ4v) is 2.26. The molecule has 0 fully saturated rings. The summed E-state index contributed by atoms with van der Waals surface area (Å²) in [5.74, 6) is 0.511. The van der Waals surface area contributed by atoms with E-state index in [1.807, 2.05) is 61.9 Å². The van der Waals surface area contributed by atoms with Crippen molar-refractivity contribution in [2.24, 2.45) is 5.10 Å². The van der Waals surface area contributed by atoms with Gasteiger partial charge in [-0.1, -0.05) is 12.1 Å². The molecule has 2 aromatic heterocycles. The lowest BCUT2D eigenvalue weighted by atomic mass is 10.1. The fraction of sp³-hybridized carbons (Fsp3) is 0.176. The number of hydrogen-bond acceptors (Lipinski definition) is 5. The van der Waals surface area contributed by atoms with Gasteiger partial charge in [-0.3, -0.25) is 0 Å². The number of rotatable bonds is 4. The highest BCUT2D eigenvalue weighted by atomic mass is 15.4. The Morgan fingerprint density at radius 2 is 1.78 bits per heavy atom. The number of imidazole rings is 1. The first-order valence-electron chi connectivity index (χ1n) is 7.33. The molecule has 6 nitrogen and oxygen atoms in total. The highest BCUT2D eigenvalue weighted by Gasteiger charge is 2.01. The minimum absolute atomic E-state index is 0.511. The standard InChI is InChI=1S/C17H18N6/c1-12-10-13(2)20-17(19-12)22-21-14(3)15-4-6-16(7-5-15)23-9-8-18-11-23/h4-11H,1-3H3,(H,19,20,22). The van der Waals surface area contributed by atoms with E-state index in [1.54, 1.807) is 12.5 Å². The summed E-state index contributed by atoms with van der Waals surface area (Å²) in [7, 11) is 0. The van der Waals surface area contributed by atoms with Crippen LogP contribution in [0.25, 0.3) is 5.69 Å². The van der Waals surface area contributed by atoms with Crippen LogP contribution in [0.3, 0.4) is 0 Å². The van der Waals surface area contributed by atoms with Crippen molar-refractivity contribution in [1.82, 2.24) is 19.5 Å². The van der Waals surface area contributed by atoms with E-state index < -0.39 is 0 Å². The molecule has 1 aromatic carbocycles. The molecule has 23 heavy (non-hydrogen) atoms. The van der Waals surface area contributed by atoms with Gasteiger partial charge in [-0.05, 0) is 44.5 Å². The smallest absolute Gasteiger partial charge is 0.243 e. The van der Waals surface area contributed by atoms with Crippen molar-refractivity contribution in [3.05, 3.63) is 66.0 Å². The van der Waals surface area contributed by atoms with Crippen molar-refractivity contribution < 1.29 is 0 Å². The monoisotopic (exact) mass is 306 g/mol. The lowest BCUT2D eigenvalue weighted by Gasteiger charge is -2.06. The Hall–Kier alpha value is -3.02. The van der Waals surface area contributed by atoms with Crippen LogP contribution in [-0.4, -0.2) is 25.2 Å². The Morgan fingerprint density at radius 1 is 1.09 bits per heavy atom. The third-order valence-corrected chi connectivity index (χ3v) is 3.39. The highest BCUT2D eigenvalue weighted by molar-refractivity contribution is 5.99. The molecule has 0 aliphatic carbocycles. The van der Waals surface area contributed by atoms with Crippen LogP contribution in [0.2, 0.25) is 0 Å². The van der Waals surface area contributed by atoms with Crippen molar-refractivity contribution in [3.63, 3.8) is 0 Å². The van der Waals surface area contributed by atoms with Gasteiger partial charge < -0.3 is 4.57 Å². The second-order valence-electron chi connectivity index (χ2n) is 5.30. The largest absolute Gasteiger partial charge is 0.306 e. The third kappa shape index (κ3) is 3.60. The average Bonchev–Trinajstić information content (AvgIpc) is 3.06. The zero-order valence-electron chi connectivity index (χ0n) is 13.4. The Bertz CT molecular complexity index is 799. The summed E-state index contributed by atoms with van der Waals surface area (Å²) < 4.78 is 1.96. The molecule has 3 rings (SSSR count). The molecule has 0 saturated carbocycles. The van der Waals surface area contributed by atoms with Crippen molar-refractivity contribution in [2.45, 2.75) is 20.8 Å². The molecule has 116 valence electrons. The van der Waals surface area contributed by atoms with Crippen LogP contribution in [0.4, 0.5) is 5.95 Å². The van der Waals surface area contributed by atoms with Crippen LogP contribution >= 0.6 is 0 Å². The summed E-state index contributed by atoms with van der Waals surface area (Å²) in [6.45, 7) is 5.82. The normalized spacial score (nSPS) is 11.5. The molecule has 6 heteroatoms. The van der Waals surface area contributed by atoms with Crippen LogP contribution < -0.4 is 5.43 Å². The van der Waals surface area contributed by atoms with E-state index in [2.05, 4.69) is 25.5 Å². The van der Waals surface area contributed by atoms with E-state index in [0.717, 1.165) is 28.4 Å². The van der Waals surface area contributed by atoms with Crippen LogP contribution in [0.5, 0.6) is 0 Å². The summed E-state index contributed by atoms with van der Waals surface area (Å²) in [5, 5.41) is 4.36. The molecule has 2 heterocycles. The quantitative estimate of drug-likeness (QED) is 0.594. The second kappa shape index (κ2) is 6.39. The van der Waals surface area contributed by atoms with Crippen molar-refractivity contribution in [3.8, 4) is 5.69 Å². The van der Waals surface area contributed by atoms with Crippen molar-refractivity contribution in [2.75, 3.05) is 5.43 Å². The van der Waals surface area contributed by atoms with Crippen molar-refractivity contribution in [1.29, 1.82) is 0 Å². The van der Waals surface area contributed by atoms with Gasteiger partial charge in [0, 0.05) is 29.5 Å². The molecule has 0 amide bonds. The van der Waals surface area contributed by atoms with Crippen LogP contribution in [-0.2, 0) is 0 Å². The lowest BCUT2D eigenvalue weighted by Crippen LogP contribution is -2.04. The number of hydrazone groups is 1. The molecule has 3 aromatic rings. The zero-order chi connectivity index (χ0) is 16.2. The van der Waals surface area contributed by atoms with E-state index in [-0.39, 0.29) is 0 Å². The van der Waals surface area contributed by atoms with Gasteiger partial charge in [0.05, 0.1) is 12.0 Å². The number of nitrogens with one attached hydrogen (secondary N) is 1. The average molecular weight is 306 g/mol. The fourth-order valence-electron chi connectivity index (χ4n) is 2.26. The first-order valence-corrected chi connectivity index (χ1v) is 7.33. The van der Waals surface area contributed by atoms with E-state index in [4.69, 9.17) is 0 Å². The predicted molar refractivity (Wildman–Crippen MR) is 90.9 cm³/mol. The molecule has 1 N–H and O–H groups in total.